The van der Waals surface area contributed by atoms with Crippen LogP contribution in [0.5, 0.6) is 0 Å². The molecule has 2 aromatic rings. The third kappa shape index (κ3) is 1.89. The van der Waals surface area contributed by atoms with E-state index in [9.17, 15) is 0 Å². The Kier molecular flexibility index (Phi) is 2.66. The first kappa shape index (κ1) is 11.2. The summed E-state index contributed by atoms with van der Waals surface area (Å²) in [6, 6.07) is 16.4. The standard InChI is InChI=1S/C18H19N/c1-2-6-16-13(5-1)11-15-12-14(8-9-17(15)16)18-7-3-4-10-19-18/h1-2,5-6,8-9,12,18-19H,3-4,7,10-11H2/t18-/m0/s1. The largest absolute Gasteiger partial charge is 0.310 e. The molecule has 1 nitrogen and oxygen atoms in total. The summed E-state index contributed by atoms with van der Waals surface area (Å²) in [5.41, 5.74) is 7.33. The van der Waals surface area contributed by atoms with Gasteiger partial charge in [-0.25, -0.2) is 0 Å². The minimum Gasteiger partial charge on any atom is -0.310 e. The van der Waals surface area contributed by atoms with Crippen LogP contribution in [-0.4, -0.2) is 6.54 Å². The second-order valence-corrected chi connectivity index (χ2v) is 5.75. The quantitative estimate of drug-likeness (QED) is 0.685. The molecule has 1 aliphatic heterocycles. The minimum absolute atomic E-state index is 0.572. The van der Waals surface area contributed by atoms with Gasteiger partial charge in [0.1, 0.15) is 0 Å². The van der Waals surface area contributed by atoms with Gasteiger partial charge in [-0.15, -0.1) is 0 Å². The molecule has 0 bridgehead atoms. The van der Waals surface area contributed by atoms with Crippen LogP contribution in [0.4, 0.5) is 0 Å². The molecule has 0 aromatic heterocycles. The van der Waals surface area contributed by atoms with Gasteiger partial charge in [-0.2, -0.15) is 0 Å². The molecule has 1 fully saturated rings. The molecular weight excluding hydrogens is 230 g/mol. The van der Waals surface area contributed by atoms with E-state index >= 15 is 0 Å². The molecule has 1 heteroatoms. The van der Waals surface area contributed by atoms with E-state index in [2.05, 4.69) is 47.8 Å². The van der Waals surface area contributed by atoms with Crippen molar-refractivity contribution in [2.24, 2.45) is 0 Å². The highest BCUT2D eigenvalue weighted by molar-refractivity contribution is 5.77. The van der Waals surface area contributed by atoms with Crippen LogP contribution < -0.4 is 5.32 Å². The Hall–Kier alpha value is -1.60. The summed E-state index contributed by atoms with van der Waals surface area (Å²) in [4.78, 5) is 0. The normalized spacial score (nSPS) is 20.9. The summed E-state index contributed by atoms with van der Waals surface area (Å²) < 4.78 is 0. The average Bonchev–Trinajstić information content (AvgIpc) is 2.86. The van der Waals surface area contributed by atoms with Gasteiger partial charge < -0.3 is 5.32 Å². The second-order valence-electron chi connectivity index (χ2n) is 5.75. The Morgan fingerprint density at radius 1 is 0.895 bits per heavy atom. The third-order valence-electron chi connectivity index (χ3n) is 4.53. The number of hydrogen-bond donors (Lipinski definition) is 1. The predicted molar refractivity (Wildman–Crippen MR) is 79.3 cm³/mol. The summed E-state index contributed by atoms with van der Waals surface area (Å²) in [6.45, 7) is 1.17. The van der Waals surface area contributed by atoms with Gasteiger partial charge in [-0.3, -0.25) is 0 Å². The van der Waals surface area contributed by atoms with Crippen molar-refractivity contribution in [1.82, 2.24) is 5.32 Å². The van der Waals surface area contributed by atoms with E-state index in [4.69, 9.17) is 0 Å². The van der Waals surface area contributed by atoms with Crippen LogP contribution in [0.25, 0.3) is 11.1 Å². The lowest BCUT2D eigenvalue weighted by Gasteiger charge is -2.24. The van der Waals surface area contributed by atoms with Gasteiger partial charge in [0.25, 0.3) is 0 Å². The summed E-state index contributed by atoms with van der Waals surface area (Å²) in [5.74, 6) is 0. The van der Waals surface area contributed by atoms with Gasteiger partial charge in [0, 0.05) is 6.04 Å². The molecule has 1 saturated heterocycles. The van der Waals surface area contributed by atoms with Crippen LogP contribution in [0.3, 0.4) is 0 Å². The molecule has 96 valence electrons. The molecule has 4 rings (SSSR count). The van der Waals surface area contributed by atoms with Crippen molar-refractivity contribution in [1.29, 1.82) is 0 Å². The van der Waals surface area contributed by atoms with E-state index in [1.807, 2.05) is 0 Å². The average molecular weight is 249 g/mol. The van der Waals surface area contributed by atoms with Crippen molar-refractivity contribution in [3.05, 3.63) is 59.2 Å². The van der Waals surface area contributed by atoms with Crippen LogP contribution >= 0.6 is 0 Å². The van der Waals surface area contributed by atoms with Crippen LogP contribution in [-0.2, 0) is 6.42 Å². The number of piperidine rings is 1. The number of nitrogens with one attached hydrogen (secondary N) is 1. The number of hydrogen-bond acceptors (Lipinski definition) is 1. The van der Waals surface area contributed by atoms with Gasteiger partial charge in [-0.1, -0.05) is 48.9 Å². The van der Waals surface area contributed by atoms with Gasteiger partial charge in [-0.05, 0) is 53.6 Å². The van der Waals surface area contributed by atoms with Crippen LogP contribution in [0.15, 0.2) is 42.5 Å². The fraction of sp³-hybridized carbons (Fsp3) is 0.333. The monoisotopic (exact) mass is 249 g/mol. The molecule has 1 aliphatic carbocycles. The number of fused-ring (bicyclic) bond motifs is 3. The zero-order valence-electron chi connectivity index (χ0n) is 11.2. The van der Waals surface area contributed by atoms with E-state index in [-0.39, 0.29) is 0 Å². The molecule has 0 saturated carbocycles. The van der Waals surface area contributed by atoms with Crippen molar-refractivity contribution in [3.8, 4) is 11.1 Å². The molecule has 0 amide bonds. The van der Waals surface area contributed by atoms with Gasteiger partial charge in [0.05, 0.1) is 0 Å². The lowest BCUT2D eigenvalue weighted by atomic mass is 9.94. The second kappa shape index (κ2) is 4.50. The number of benzene rings is 2. The molecule has 19 heavy (non-hydrogen) atoms. The Morgan fingerprint density at radius 3 is 2.68 bits per heavy atom. The molecule has 0 unspecified atom stereocenters. The molecule has 1 N–H and O–H groups in total. The van der Waals surface area contributed by atoms with Crippen LogP contribution in [0.1, 0.15) is 42.0 Å². The van der Waals surface area contributed by atoms with Crippen molar-refractivity contribution in [2.45, 2.75) is 31.7 Å². The van der Waals surface area contributed by atoms with Crippen molar-refractivity contribution < 1.29 is 0 Å². The van der Waals surface area contributed by atoms with Crippen LogP contribution in [0.2, 0.25) is 0 Å². The number of rotatable bonds is 1. The highest BCUT2D eigenvalue weighted by atomic mass is 14.9. The van der Waals surface area contributed by atoms with Crippen molar-refractivity contribution >= 4 is 0 Å². The summed E-state index contributed by atoms with van der Waals surface area (Å²) in [7, 11) is 0. The topological polar surface area (TPSA) is 12.0 Å². The molecule has 2 aliphatic rings. The Morgan fingerprint density at radius 2 is 1.79 bits per heavy atom. The van der Waals surface area contributed by atoms with E-state index in [0.717, 1.165) is 6.42 Å². The van der Waals surface area contributed by atoms with E-state index < -0.39 is 0 Å². The highest BCUT2D eigenvalue weighted by Gasteiger charge is 2.20. The molecule has 1 atom stereocenters. The van der Waals surface area contributed by atoms with E-state index in [0.29, 0.717) is 6.04 Å². The summed E-state index contributed by atoms with van der Waals surface area (Å²) >= 11 is 0. The summed E-state index contributed by atoms with van der Waals surface area (Å²) in [5, 5.41) is 3.65. The first-order valence-electron chi connectivity index (χ1n) is 7.36. The summed E-state index contributed by atoms with van der Waals surface area (Å²) in [6.07, 6.45) is 5.07. The zero-order valence-corrected chi connectivity index (χ0v) is 11.2. The maximum absolute atomic E-state index is 3.65. The van der Waals surface area contributed by atoms with Crippen molar-refractivity contribution in [2.75, 3.05) is 6.54 Å². The van der Waals surface area contributed by atoms with E-state index in [1.54, 1.807) is 0 Å². The molecule has 2 aromatic carbocycles. The zero-order chi connectivity index (χ0) is 12.7. The highest BCUT2D eigenvalue weighted by Crippen LogP contribution is 2.38. The predicted octanol–water partition coefficient (Wildman–Crippen LogP) is 4.07. The van der Waals surface area contributed by atoms with E-state index in [1.165, 1.54) is 53.6 Å². The van der Waals surface area contributed by atoms with Gasteiger partial charge in [0.2, 0.25) is 0 Å². The van der Waals surface area contributed by atoms with Crippen LogP contribution in [0, 0.1) is 0 Å². The smallest absolute Gasteiger partial charge is 0.0320 e. The first-order chi connectivity index (χ1) is 9.42. The maximum Gasteiger partial charge on any atom is 0.0320 e. The van der Waals surface area contributed by atoms with Crippen molar-refractivity contribution in [3.63, 3.8) is 0 Å². The lowest BCUT2D eigenvalue weighted by molar-refractivity contribution is 0.412. The molecule has 0 spiro atoms. The Balaban J connectivity index is 1.71. The Bertz CT molecular complexity index is 609. The minimum atomic E-state index is 0.572. The molecule has 1 heterocycles. The maximum atomic E-state index is 3.65. The fourth-order valence-electron chi connectivity index (χ4n) is 3.52. The SMILES string of the molecule is c1ccc2c(c1)Cc1cc([C@@H]3CCCCN3)ccc1-2. The van der Waals surface area contributed by atoms with Gasteiger partial charge >= 0.3 is 0 Å². The Labute approximate surface area is 114 Å². The third-order valence-corrected chi connectivity index (χ3v) is 4.53. The van der Waals surface area contributed by atoms with Gasteiger partial charge in [0.15, 0.2) is 0 Å². The first-order valence-corrected chi connectivity index (χ1v) is 7.36. The molecular formula is C18H19N. The lowest BCUT2D eigenvalue weighted by Crippen LogP contribution is -2.26. The fourth-order valence-corrected chi connectivity index (χ4v) is 3.52. The molecule has 0 radical (unpaired) electrons.